The molecular formula is C16H20F3NO3. The smallest absolute Gasteiger partial charge is 0.416 e. The summed E-state index contributed by atoms with van der Waals surface area (Å²) in [6.07, 6.45) is -4.33. The van der Waals surface area contributed by atoms with Crippen molar-refractivity contribution in [1.82, 2.24) is 4.90 Å². The van der Waals surface area contributed by atoms with Crippen molar-refractivity contribution < 1.29 is 27.9 Å². The third-order valence-electron chi connectivity index (χ3n) is 3.61. The zero-order valence-corrected chi connectivity index (χ0v) is 13.1. The van der Waals surface area contributed by atoms with Crippen LogP contribution in [-0.4, -0.2) is 35.0 Å². The molecule has 0 fully saturated rings. The average Bonchev–Trinajstić information content (AvgIpc) is 2.48. The average molecular weight is 331 g/mol. The van der Waals surface area contributed by atoms with Gasteiger partial charge in [0.2, 0.25) is 5.91 Å². The van der Waals surface area contributed by atoms with Crippen LogP contribution in [0.5, 0.6) is 0 Å². The van der Waals surface area contributed by atoms with E-state index in [2.05, 4.69) is 0 Å². The predicted octanol–water partition coefficient (Wildman–Crippen LogP) is 3.52. The molecule has 1 rings (SSSR count). The number of aliphatic carboxylic acids is 1. The first-order chi connectivity index (χ1) is 10.7. The summed E-state index contributed by atoms with van der Waals surface area (Å²) >= 11 is 0. The van der Waals surface area contributed by atoms with E-state index in [1.165, 1.54) is 17.0 Å². The highest BCUT2D eigenvalue weighted by atomic mass is 19.4. The molecule has 7 heteroatoms. The fourth-order valence-electron chi connectivity index (χ4n) is 2.36. The molecule has 1 N–H and O–H groups in total. The molecule has 0 heterocycles. The van der Waals surface area contributed by atoms with E-state index in [1.807, 2.05) is 0 Å². The van der Waals surface area contributed by atoms with Crippen molar-refractivity contribution in [2.24, 2.45) is 0 Å². The molecule has 0 aliphatic carbocycles. The van der Waals surface area contributed by atoms with Crippen LogP contribution in [0.2, 0.25) is 0 Å². The van der Waals surface area contributed by atoms with Crippen LogP contribution in [0.25, 0.3) is 0 Å². The highest BCUT2D eigenvalue weighted by molar-refractivity contribution is 5.84. The minimum absolute atomic E-state index is 0.0418. The summed E-state index contributed by atoms with van der Waals surface area (Å²) in [5, 5.41) is 8.72. The summed E-state index contributed by atoms with van der Waals surface area (Å²) in [5.74, 6) is -2.09. The molecule has 0 saturated heterocycles. The second kappa shape index (κ2) is 7.99. The Morgan fingerprint density at radius 1 is 1.26 bits per heavy atom. The first kappa shape index (κ1) is 19.0. The van der Waals surface area contributed by atoms with Crippen molar-refractivity contribution in [2.75, 3.05) is 13.1 Å². The largest absolute Gasteiger partial charge is 0.481 e. The molecule has 128 valence electrons. The molecule has 0 bridgehead atoms. The van der Waals surface area contributed by atoms with Crippen LogP contribution in [0, 0.1) is 0 Å². The Hall–Kier alpha value is -2.05. The summed E-state index contributed by atoms with van der Waals surface area (Å²) in [5.41, 5.74) is -0.504. The number of carboxylic acids is 1. The standard InChI is InChI=1S/C16H20F3NO3/c1-3-13(15(23)20(4-2)9-8-14(21)22)11-6-5-7-12(10-11)16(17,18)19/h5-7,10,13H,3-4,8-9H2,1-2H3,(H,21,22). The molecule has 23 heavy (non-hydrogen) atoms. The Labute approximate surface area is 132 Å². The molecule has 1 amide bonds. The van der Waals surface area contributed by atoms with Gasteiger partial charge in [0.05, 0.1) is 17.9 Å². The lowest BCUT2D eigenvalue weighted by Gasteiger charge is -2.26. The number of carbonyl (C=O) groups is 2. The molecule has 4 nitrogen and oxygen atoms in total. The van der Waals surface area contributed by atoms with Crippen LogP contribution < -0.4 is 0 Å². The van der Waals surface area contributed by atoms with Gasteiger partial charge in [-0.05, 0) is 25.0 Å². The van der Waals surface area contributed by atoms with E-state index >= 15 is 0 Å². The molecule has 0 aliphatic rings. The molecule has 1 aromatic rings. The number of rotatable bonds is 7. The third kappa shape index (κ3) is 5.26. The van der Waals surface area contributed by atoms with Crippen LogP contribution in [0.3, 0.4) is 0 Å². The van der Waals surface area contributed by atoms with Crippen molar-refractivity contribution in [3.8, 4) is 0 Å². The summed E-state index contributed by atoms with van der Waals surface area (Å²) in [6.45, 7) is 3.77. The number of benzene rings is 1. The van der Waals surface area contributed by atoms with Crippen molar-refractivity contribution in [3.05, 3.63) is 35.4 Å². The number of carboxylic acid groups (broad SMARTS) is 1. The Bertz CT molecular complexity index is 558. The SMILES string of the molecule is CCC(C(=O)N(CC)CCC(=O)O)c1cccc(C(F)(F)F)c1. The van der Waals surface area contributed by atoms with E-state index in [1.54, 1.807) is 13.8 Å². The molecule has 0 aliphatic heterocycles. The van der Waals surface area contributed by atoms with Gasteiger partial charge < -0.3 is 10.0 Å². The van der Waals surface area contributed by atoms with Crippen LogP contribution >= 0.6 is 0 Å². The minimum atomic E-state index is -4.47. The normalized spacial score (nSPS) is 12.7. The quantitative estimate of drug-likeness (QED) is 0.832. The summed E-state index contributed by atoms with van der Waals surface area (Å²) < 4.78 is 38.4. The van der Waals surface area contributed by atoms with Gasteiger partial charge in [0, 0.05) is 13.1 Å². The van der Waals surface area contributed by atoms with Gasteiger partial charge in [-0.3, -0.25) is 9.59 Å². The number of carbonyl (C=O) groups excluding carboxylic acids is 1. The highest BCUT2D eigenvalue weighted by Gasteiger charge is 2.32. The fraction of sp³-hybridized carbons (Fsp3) is 0.500. The number of likely N-dealkylation sites (N-methyl/N-ethyl adjacent to an activating group) is 1. The first-order valence-electron chi connectivity index (χ1n) is 7.38. The summed E-state index contributed by atoms with van der Waals surface area (Å²) in [6, 6.07) is 4.72. The number of hydrogen-bond donors (Lipinski definition) is 1. The van der Waals surface area contributed by atoms with E-state index < -0.39 is 23.6 Å². The molecule has 1 aromatic carbocycles. The molecule has 1 atom stereocenters. The van der Waals surface area contributed by atoms with Crippen molar-refractivity contribution in [3.63, 3.8) is 0 Å². The van der Waals surface area contributed by atoms with Crippen molar-refractivity contribution in [2.45, 2.75) is 38.8 Å². The zero-order chi connectivity index (χ0) is 17.6. The Morgan fingerprint density at radius 3 is 2.39 bits per heavy atom. The first-order valence-corrected chi connectivity index (χ1v) is 7.38. The van der Waals surface area contributed by atoms with Gasteiger partial charge >= 0.3 is 12.1 Å². The third-order valence-corrected chi connectivity index (χ3v) is 3.61. The van der Waals surface area contributed by atoms with Crippen molar-refractivity contribution in [1.29, 1.82) is 0 Å². The molecular weight excluding hydrogens is 311 g/mol. The van der Waals surface area contributed by atoms with E-state index in [-0.39, 0.29) is 18.9 Å². The number of amides is 1. The van der Waals surface area contributed by atoms with Crippen molar-refractivity contribution >= 4 is 11.9 Å². The van der Waals surface area contributed by atoms with Gasteiger partial charge in [0.15, 0.2) is 0 Å². The Balaban J connectivity index is 3.02. The maximum atomic E-state index is 12.8. The fourth-order valence-corrected chi connectivity index (χ4v) is 2.36. The Morgan fingerprint density at radius 2 is 1.91 bits per heavy atom. The maximum Gasteiger partial charge on any atom is 0.416 e. The maximum absolute atomic E-state index is 12.8. The van der Waals surface area contributed by atoms with Crippen LogP contribution in [-0.2, 0) is 15.8 Å². The van der Waals surface area contributed by atoms with Crippen LogP contribution in [0.1, 0.15) is 43.7 Å². The van der Waals surface area contributed by atoms with E-state index in [0.717, 1.165) is 12.1 Å². The van der Waals surface area contributed by atoms with Gasteiger partial charge in [-0.25, -0.2) is 0 Å². The molecule has 0 radical (unpaired) electrons. The summed E-state index contributed by atoms with van der Waals surface area (Å²) in [7, 11) is 0. The van der Waals surface area contributed by atoms with Gasteiger partial charge in [0.25, 0.3) is 0 Å². The van der Waals surface area contributed by atoms with Crippen LogP contribution in [0.4, 0.5) is 13.2 Å². The molecule has 0 aromatic heterocycles. The number of alkyl halides is 3. The van der Waals surface area contributed by atoms with Crippen LogP contribution in [0.15, 0.2) is 24.3 Å². The number of hydrogen-bond acceptors (Lipinski definition) is 2. The van der Waals surface area contributed by atoms with Gasteiger partial charge in [0.1, 0.15) is 0 Å². The second-order valence-corrected chi connectivity index (χ2v) is 5.15. The summed E-state index contributed by atoms with van der Waals surface area (Å²) in [4.78, 5) is 24.5. The molecule has 0 saturated carbocycles. The lowest BCUT2D eigenvalue weighted by atomic mass is 9.93. The van der Waals surface area contributed by atoms with E-state index in [9.17, 15) is 22.8 Å². The topological polar surface area (TPSA) is 57.6 Å². The molecule has 1 unspecified atom stereocenters. The van der Waals surface area contributed by atoms with Gasteiger partial charge in [-0.1, -0.05) is 25.1 Å². The predicted molar refractivity (Wildman–Crippen MR) is 79.0 cm³/mol. The monoisotopic (exact) mass is 331 g/mol. The lowest BCUT2D eigenvalue weighted by molar-refractivity contribution is -0.140. The number of nitrogens with zero attached hydrogens (tertiary/aromatic N) is 1. The molecule has 0 spiro atoms. The van der Waals surface area contributed by atoms with Gasteiger partial charge in [-0.15, -0.1) is 0 Å². The van der Waals surface area contributed by atoms with E-state index in [0.29, 0.717) is 18.5 Å². The minimum Gasteiger partial charge on any atom is -0.481 e. The second-order valence-electron chi connectivity index (χ2n) is 5.15. The lowest BCUT2D eigenvalue weighted by Crippen LogP contribution is -2.36. The zero-order valence-electron chi connectivity index (χ0n) is 13.1. The van der Waals surface area contributed by atoms with E-state index in [4.69, 9.17) is 5.11 Å². The number of halogens is 3. The highest BCUT2D eigenvalue weighted by Crippen LogP contribution is 2.32. The van der Waals surface area contributed by atoms with Gasteiger partial charge in [-0.2, -0.15) is 13.2 Å². The Kier molecular flexibility index (Phi) is 6.60.